The van der Waals surface area contributed by atoms with Crippen molar-refractivity contribution in [2.24, 2.45) is 5.92 Å². The highest BCUT2D eigenvalue weighted by Gasteiger charge is 2.60. The van der Waals surface area contributed by atoms with E-state index in [1.54, 1.807) is 54.6 Å². The second-order valence-corrected chi connectivity index (χ2v) is 8.45. The third-order valence-corrected chi connectivity index (χ3v) is 6.25. The molecule has 0 saturated carbocycles. The van der Waals surface area contributed by atoms with Gasteiger partial charge in [0.25, 0.3) is 5.91 Å². The molecule has 32 heavy (non-hydrogen) atoms. The van der Waals surface area contributed by atoms with E-state index >= 15 is 0 Å². The van der Waals surface area contributed by atoms with E-state index in [1.807, 2.05) is 18.2 Å². The Morgan fingerprint density at radius 1 is 0.844 bits per heavy atom. The van der Waals surface area contributed by atoms with E-state index < -0.39 is 35.8 Å². The molecule has 2 fully saturated rings. The topological polar surface area (TPSA) is 87.2 Å². The first-order valence-corrected chi connectivity index (χ1v) is 10.7. The minimum atomic E-state index is -1.11. The molecule has 3 atom stereocenters. The van der Waals surface area contributed by atoms with Crippen LogP contribution in [0.4, 0.5) is 11.4 Å². The number of amides is 2. The van der Waals surface area contributed by atoms with Gasteiger partial charge in [0.2, 0.25) is 5.91 Å². The second-order valence-electron chi connectivity index (χ2n) is 7.54. The normalized spacial score (nSPS) is 22.3. The van der Waals surface area contributed by atoms with E-state index in [-0.39, 0.29) is 5.56 Å². The van der Waals surface area contributed by atoms with E-state index in [1.165, 1.54) is 11.1 Å². The molecule has 2 aliphatic rings. The van der Waals surface area contributed by atoms with Crippen LogP contribution >= 0.6 is 15.9 Å². The average Bonchev–Trinajstić information content (AvgIpc) is 3.31. The fraction of sp³-hybridized carbons (Fsp3) is 0.125. The third-order valence-electron chi connectivity index (χ3n) is 5.72. The van der Waals surface area contributed by atoms with Gasteiger partial charge in [0, 0.05) is 4.47 Å². The number of para-hydroxylation sites is 1. The molecule has 1 N–H and O–H groups in total. The number of anilines is 2. The van der Waals surface area contributed by atoms with Gasteiger partial charge in [-0.3, -0.25) is 14.4 Å². The summed E-state index contributed by atoms with van der Waals surface area (Å²) in [5, 5.41) is 11.3. The van der Waals surface area contributed by atoms with Gasteiger partial charge < -0.3 is 5.11 Å². The SMILES string of the molecule is O=C(O)c1ccccc1[C@@H]1[C@H]2C(=O)N(c3ccc(Br)cc3)C(=O)[C@H]2ON1c1ccccc1. The lowest BCUT2D eigenvalue weighted by atomic mass is 9.88. The molecule has 0 spiro atoms. The van der Waals surface area contributed by atoms with E-state index in [0.717, 1.165) is 9.37 Å². The molecule has 160 valence electrons. The monoisotopic (exact) mass is 492 g/mol. The Kier molecular flexibility index (Phi) is 5.03. The zero-order valence-electron chi connectivity index (χ0n) is 16.6. The molecule has 2 amide bonds. The predicted octanol–water partition coefficient (Wildman–Crippen LogP) is 4.20. The van der Waals surface area contributed by atoms with Crippen molar-refractivity contribution < 1.29 is 24.3 Å². The molecule has 0 bridgehead atoms. The summed E-state index contributed by atoms with van der Waals surface area (Å²) in [6.45, 7) is 0. The number of carbonyl (C=O) groups is 3. The summed E-state index contributed by atoms with van der Waals surface area (Å²) in [6, 6.07) is 21.6. The number of hydrogen-bond acceptors (Lipinski definition) is 5. The summed E-state index contributed by atoms with van der Waals surface area (Å²) < 4.78 is 0.820. The van der Waals surface area contributed by atoms with Crippen molar-refractivity contribution in [2.45, 2.75) is 12.1 Å². The number of carbonyl (C=O) groups excluding carboxylic acids is 2. The fourth-order valence-corrected chi connectivity index (χ4v) is 4.59. The zero-order chi connectivity index (χ0) is 22.4. The molecule has 3 aromatic rings. The van der Waals surface area contributed by atoms with Gasteiger partial charge in [-0.15, -0.1) is 0 Å². The lowest BCUT2D eigenvalue weighted by Gasteiger charge is -2.29. The molecule has 2 heterocycles. The Bertz CT molecular complexity index is 1210. The van der Waals surface area contributed by atoms with E-state index in [4.69, 9.17) is 4.84 Å². The molecule has 0 aromatic heterocycles. The number of nitrogens with zero attached hydrogens (tertiary/aromatic N) is 2. The van der Waals surface area contributed by atoms with Gasteiger partial charge in [0.15, 0.2) is 6.10 Å². The Morgan fingerprint density at radius 3 is 2.19 bits per heavy atom. The summed E-state index contributed by atoms with van der Waals surface area (Å²) in [6.07, 6.45) is -1.06. The average molecular weight is 493 g/mol. The van der Waals surface area contributed by atoms with Crippen LogP contribution in [0.2, 0.25) is 0 Å². The van der Waals surface area contributed by atoms with Crippen LogP contribution in [0, 0.1) is 5.92 Å². The predicted molar refractivity (Wildman–Crippen MR) is 120 cm³/mol. The van der Waals surface area contributed by atoms with Gasteiger partial charge in [0.1, 0.15) is 5.92 Å². The maximum Gasteiger partial charge on any atom is 0.336 e. The Morgan fingerprint density at radius 2 is 1.50 bits per heavy atom. The number of hydrogen-bond donors (Lipinski definition) is 1. The van der Waals surface area contributed by atoms with Crippen LogP contribution < -0.4 is 9.96 Å². The minimum Gasteiger partial charge on any atom is -0.478 e. The van der Waals surface area contributed by atoms with Gasteiger partial charge in [-0.1, -0.05) is 52.3 Å². The maximum absolute atomic E-state index is 13.6. The first-order valence-electron chi connectivity index (χ1n) is 9.94. The first-order chi connectivity index (χ1) is 15.5. The maximum atomic E-state index is 13.6. The molecule has 5 rings (SSSR count). The van der Waals surface area contributed by atoms with Crippen molar-refractivity contribution >= 4 is 45.1 Å². The summed E-state index contributed by atoms with van der Waals surface area (Å²) in [7, 11) is 0. The number of fused-ring (bicyclic) bond motifs is 1. The molecular formula is C24H17BrN2O5. The lowest BCUT2D eigenvalue weighted by Crippen LogP contribution is -2.37. The van der Waals surface area contributed by atoms with Crippen molar-refractivity contribution in [2.75, 3.05) is 9.96 Å². The van der Waals surface area contributed by atoms with E-state index in [0.29, 0.717) is 16.9 Å². The number of benzene rings is 3. The summed E-state index contributed by atoms with van der Waals surface area (Å²) >= 11 is 3.35. The lowest BCUT2D eigenvalue weighted by molar-refractivity contribution is -0.126. The Balaban J connectivity index is 1.63. The summed E-state index contributed by atoms with van der Waals surface area (Å²) in [5.74, 6) is -2.91. The van der Waals surface area contributed by atoms with Gasteiger partial charge in [-0.2, -0.15) is 0 Å². The van der Waals surface area contributed by atoms with Crippen molar-refractivity contribution in [3.05, 3.63) is 94.5 Å². The van der Waals surface area contributed by atoms with Crippen LogP contribution in [0.25, 0.3) is 0 Å². The van der Waals surface area contributed by atoms with Crippen molar-refractivity contribution in [3.8, 4) is 0 Å². The van der Waals surface area contributed by atoms with Gasteiger partial charge in [0.05, 0.1) is 23.0 Å². The van der Waals surface area contributed by atoms with Crippen LogP contribution in [-0.4, -0.2) is 29.0 Å². The molecule has 0 unspecified atom stereocenters. The van der Waals surface area contributed by atoms with Gasteiger partial charge >= 0.3 is 5.97 Å². The highest BCUT2D eigenvalue weighted by molar-refractivity contribution is 9.10. The standard InChI is InChI=1S/C24H17BrN2O5/c25-14-10-12-15(13-11-14)26-22(28)19-20(17-8-4-5-9-18(17)24(30)31)27(32-21(19)23(26)29)16-6-2-1-3-7-16/h1-13,19-21H,(H,30,31)/t19-,20-,21+/m1/s1. The number of aromatic carboxylic acids is 1. The van der Waals surface area contributed by atoms with Crippen LogP contribution in [-0.2, 0) is 14.4 Å². The second kappa shape index (κ2) is 7.89. The Labute approximate surface area is 191 Å². The molecule has 0 aliphatic carbocycles. The summed E-state index contributed by atoms with van der Waals surface area (Å²) in [5.41, 5.74) is 1.54. The van der Waals surface area contributed by atoms with Crippen molar-refractivity contribution in [3.63, 3.8) is 0 Å². The third kappa shape index (κ3) is 3.19. The number of halogens is 1. The molecule has 3 aromatic carbocycles. The molecule has 2 saturated heterocycles. The van der Waals surface area contributed by atoms with Crippen molar-refractivity contribution in [1.82, 2.24) is 0 Å². The Hall–Kier alpha value is -3.49. The highest BCUT2D eigenvalue weighted by Crippen LogP contribution is 2.48. The quantitative estimate of drug-likeness (QED) is 0.549. The number of rotatable bonds is 4. The number of imide groups is 1. The van der Waals surface area contributed by atoms with Crippen LogP contribution in [0.3, 0.4) is 0 Å². The highest BCUT2D eigenvalue weighted by atomic mass is 79.9. The van der Waals surface area contributed by atoms with Crippen LogP contribution in [0.5, 0.6) is 0 Å². The largest absolute Gasteiger partial charge is 0.478 e. The van der Waals surface area contributed by atoms with Crippen LogP contribution in [0.1, 0.15) is 22.0 Å². The smallest absolute Gasteiger partial charge is 0.336 e. The van der Waals surface area contributed by atoms with Crippen molar-refractivity contribution in [1.29, 1.82) is 0 Å². The van der Waals surface area contributed by atoms with E-state index in [9.17, 15) is 19.5 Å². The fourth-order valence-electron chi connectivity index (χ4n) is 4.32. The minimum absolute atomic E-state index is 0.0602. The van der Waals surface area contributed by atoms with E-state index in [2.05, 4.69) is 15.9 Å². The zero-order valence-corrected chi connectivity index (χ0v) is 18.2. The molecule has 0 radical (unpaired) electrons. The number of hydroxylamine groups is 1. The van der Waals surface area contributed by atoms with Crippen LogP contribution in [0.15, 0.2) is 83.3 Å². The number of carboxylic acid groups (broad SMARTS) is 1. The van der Waals surface area contributed by atoms with Gasteiger partial charge in [-0.25, -0.2) is 14.8 Å². The summed E-state index contributed by atoms with van der Waals surface area (Å²) in [4.78, 5) is 46.0. The molecule has 2 aliphatic heterocycles. The first kappa shape index (κ1) is 20.4. The molecule has 8 heteroatoms. The number of carboxylic acids is 1. The molecule has 7 nitrogen and oxygen atoms in total. The molecular weight excluding hydrogens is 476 g/mol. The van der Waals surface area contributed by atoms with Gasteiger partial charge in [-0.05, 0) is 48.0 Å².